The van der Waals surface area contributed by atoms with Crippen LogP contribution in [0.1, 0.15) is 58.2 Å². The van der Waals surface area contributed by atoms with Crippen LogP contribution in [0.4, 0.5) is 0 Å². The van der Waals surface area contributed by atoms with Gasteiger partial charge in [0.15, 0.2) is 5.82 Å². The van der Waals surface area contributed by atoms with Crippen LogP contribution in [0.15, 0.2) is 40.4 Å². The predicted molar refractivity (Wildman–Crippen MR) is 133 cm³/mol. The average molecular weight is 472 g/mol. The maximum absolute atomic E-state index is 12.7. The summed E-state index contributed by atoms with van der Waals surface area (Å²) in [4.78, 5) is 17.0. The number of fused-ring (bicyclic) bond motifs is 2. The molecular weight excluding hydrogens is 430 g/mol. The highest BCUT2D eigenvalue weighted by atomic mass is 16.5. The number of aromatic nitrogens is 3. The van der Waals surface area contributed by atoms with Crippen LogP contribution in [-0.2, 0) is 24.9 Å². The first-order valence-corrected chi connectivity index (χ1v) is 12.6. The third kappa shape index (κ3) is 5.56. The molecule has 0 radical (unpaired) electrons. The number of allylic oxidation sites excluding steroid dienone is 3. The molecule has 1 aromatic rings. The highest BCUT2D eigenvalue weighted by molar-refractivity contribution is 5.28. The zero-order valence-corrected chi connectivity index (χ0v) is 21.2. The van der Waals surface area contributed by atoms with Crippen molar-refractivity contribution in [2.75, 3.05) is 20.2 Å². The van der Waals surface area contributed by atoms with Gasteiger partial charge < -0.3 is 14.7 Å². The van der Waals surface area contributed by atoms with Gasteiger partial charge >= 0.3 is 5.69 Å². The van der Waals surface area contributed by atoms with Crippen molar-refractivity contribution in [2.45, 2.75) is 89.8 Å². The smallest absolute Gasteiger partial charge is 0.345 e. The van der Waals surface area contributed by atoms with Crippen molar-refractivity contribution in [3.05, 3.63) is 51.9 Å². The van der Waals surface area contributed by atoms with E-state index in [9.17, 15) is 9.90 Å². The molecule has 0 saturated carbocycles. The van der Waals surface area contributed by atoms with Crippen LogP contribution in [-0.4, -0.2) is 73.7 Å². The molecule has 188 valence electrons. The summed E-state index contributed by atoms with van der Waals surface area (Å²) >= 11 is 0. The Kier molecular flexibility index (Phi) is 7.80. The van der Waals surface area contributed by atoms with Gasteiger partial charge in [-0.2, -0.15) is 5.10 Å². The lowest BCUT2D eigenvalue weighted by Gasteiger charge is -2.39. The summed E-state index contributed by atoms with van der Waals surface area (Å²) < 4.78 is 9.29. The Morgan fingerprint density at radius 3 is 2.68 bits per heavy atom. The number of ether oxygens (including phenoxy) is 1. The van der Waals surface area contributed by atoms with Gasteiger partial charge in [0.25, 0.3) is 0 Å². The number of aliphatic hydroxyl groups excluding tert-OH is 1. The fraction of sp³-hybridized carbons (Fsp3) is 0.692. The summed E-state index contributed by atoms with van der Waals surface area (Å²) in [5.41, 5.74) is 3.50. The van der Waals surface area contributed by atoms with Gasteiger partial charge in [-0.3, -0.25) is 9.47 Å². The van der Waals surface area contributed by atoms with Crippen LogP contribution in [0.2, 0.25) is 0 Å². The number of hydrogen-bond donors (Lipinski definition) is 1. The van der Waals surface area contributed by atoms with Crippen LogP contribution in [0.25, 0.3) is 0 Å². The zero-order chi connectivity index (χ0) is 24.4. The molecule has 1 aromatic heterocycles. The van der Waals surface area contributed by atoms with Gasteiger partial charge in [0.2, 0.25) is 0 Å². The first-order valence-electron chi connectivity index (χ1n) is 12.6. The topological polar surface area (TPSA) is 75.8 Å². The van der Waals surface area contributed by atoms with Crippen LogP contribution in [0.3, 0.4) is 0 Å². The molecule has 2 saturated heterocycles. The molecule has 2 aliphatic heterocycles. The van der Waals surface area contributed by atoms with Crippen LogP contribution in [0, 0.1) is 0 Å². The molecule has 8 heteroatoms. The molecule has 1 N–H and O–H groups in total. The third-order valence-corrected chi connectivity index (χ3v) is 7.84. The second kappa shape index (κ2) is 10.6. The Morgan fingerprint density at radius 1 is 1.32 bits per heavy atom. The Morgan fingerprint density at radius 2 is 2.03 bits per heavy atom. The second-order valence-corrected chi connectivity index (χ2v) is 10.4. The summed E-state index contributed by atoms with van der Waals surface area (Å²) in [7, 11) is 3.65. The maximum atomic E-state index is 12.7. The van der Waals surface area contributed by atoms with E-state index in [1.807, 2.05) is 18.9 Å². The van der Waals surface area contributed by atoms with Gasteiger partial charge in [-0.25, -0.2) is 9.48 Å². The number of rotatable bonds is 10. The summed E-state index contributed by atoms with van der Waals surface area (Å²) in [6.45, 7) is 10.1. The van der Waals surface area contributed by atoms with Crippen molar-refractivity contribution >= 4 is 0 Å². The van der Waals surface area contributed by atoms with Gasteiger partial charge in [-0.15, -0.1) is 0 Å². The third-order valence-electron chi connectivity index (χ3n) is 7.84. The Labute approximate surface area is 203 Å². The quantitative estimate of drug-likeness (QED) is 0.565. The van der Waals surface area contributed by atoms with Crippen LogP contribution < -0.4 is 5.69 Å². The van der Waals surface area contributed by atoms with E-state index in [4.69, 9.17) is 4.74 Å². The second-order valence-electron chi connectivity index (χ2n) is 10.4. The van der Waals surface area contributed by atoms with E-state index < -0.39 is 6.10 Å². The summed E-state index contributed by atoms with van der Waals surface area (Å²) in [6, 6.07) is 0.881. The molecule has 2 bridgehead atoms. The zero-order valence-electron chi connectivity index (χ0n) is 21.2. The largest absolute Gasteiger partial charge is 0.390 e. The molecule has 8 nitrogen and oxygen atoms in total. The van der Waals surface area contributed by atoms with Crippen LogP contribution in [0.5, 0.6) is 0 Å². The van der Waals surface area contributed by atoms with E-state index in [1.54, 1.807) is 11.6 Å². The average Bonchev–Trinajstić information content (AvgIpc) is 3.18. The van der Waals surface area contributed by atoms with Gasteiger partial charge in [0.05, 0.1) is 31.9 Å². The molecule has 3 unspecified atom stereocenters. The number of aliphatic hydroxyl groups is 1. The van der Waals surface area contributed by atoms with E-state index in [1.165, 1.54) is 15.8 Å². The highest BCUT2D eigenvalue weighted by Crippen LogP contribution is 2.37. The fourth-order valence-corrected chi connectivity index (χ4v) is 5.50. The predicted octanol–water partition coefficient (Wildman–Crippen LogP) is 2.59. The summed E-state index contributed by atoms with van der Waals surface area (Å²) in [5, 5.41) is 15.3. The Hall–Kier alpha value is -2.16. The molecule has 3 atom stereocenters. The molecule has 0 amide bonds. The van der Waals surface area contributed by atoms with Crippen molar-refractivity contribution < 1.29 is 9.84 Å². The van der Waals surface area contributed by atoms with E-state index in [0.717, 1.165) is 44.2 Å². The van der Waals surface area contributed by atoms with Crippen molar-refractivity contribution in [3.63, 3.8) is 0 Å². The van der Waals surface area contributed by atoms with E-state index in [0.29, 0.717) is 37.6 Å². The SMILES string of the molecule is C=C(C)N(C)Cc1nn(CC(O)CN2C3CCC2CC(OCC2=C(C)CCC=C2)C3)c(=O)n1C. The van der Waals surface area contributed by atoms with E-state index in [2.05, 4.69) is 35.7 Å². The van der Waals surface area contributed by atoms with E-state index >= 15 is 0 Å². The van der Waals surface area contributed by atoms with Gasteiger partial charge in [-0.05, 0) is 57.9 Å². The van der Waals surface area contributed by atoms with Crippen molar-refractivity contribution in [2.24, 2.45) is 7.05 Å². The van der Waals surface area contributed by atoms with Gasteiger partial charge in [0, 0.05) is 38.4 Å². The lowest BCUT2D eigenvalue weighted by molar-refractivity contribution is -0.0265. The maximum Gasteiger partial charge on any atom is 0.345 e. The Balaban J connectivity index is 1.31. The molecule has 0 aromatic carbocycles. The van der Waals surface area contributed by atoms with Crippen molar-refractivity contribution in [1.29, 1.82) is 0 Å². The van der Waals surface area contributed by atoms with Crippen molar-refractivity contribution in [1.82, 2.24) is 24.1 Å². The lowest BCUT2D eigenvalue weighted by Crippen LogP contribution is -2.49. The molecular formula is C26H41N5O3. The monoisotopic (exact) mass is 471 g/mol. The number of hydrogen-bond acceptors (Lipinski definition) is 6. The Bertz CT molecular complexity index is 993. The van der Waals surface area contributed by atoms with Gasteiger partial charge in [-0.1, -0.05) is 24.3 Å². The first-order chi connectivity index (χ1) is 16.2. The normalized spacial score (nSPS) is 25.7. The molecule has 4 rings (SSSR count). The minimum absolute atomic E-state index is 0.194. The van der Waals surface area contributed by atoms with Crippen molar-refractivity contribution in [3.8, 4) is 0 Å². The minimum atomic E-state index is -0.639. The molecule has 34 heavy (non-hydrogen) atoms. The summed E-state index contributed by atoms with van der Waals surface area (Å²) in [6.07, 6.45) is 10.7. The number of nitrogens with zero attached hydrogens (tertiary/aromatic N) is 5. The molecule has 2 fully saturated rings. The van der Waals surface area contributed by atoms with Gasteiger partial charge in [0.1, 0.15) is 0 Å². The fourth-order valence-electron chi connectivity index (χ4n) is 5.50. The minimum Gasteiger partial charge on any atom is -0.390 e. The molecule has 3 aliphatic rings. The molecule has 1 aliphatic carbocycles. The summed E-state index contributed by atoms with van der Waals surface area (Å²) in [5.74, 6) is 0.666. The molecule has 3 heterocycles. The first kappa shape index (κ1) is 24.9. The van der Waals surface area contributed by atoms with E-state index in [-0.39, 0.29) is 18.3 Å². The molecule has 0 spiro atoms. The van der Waals surface area contributed by atoms with Crippen LogP contribution >= 0.6 is 0 Å². The number of piperidine rings is 1. The highest BCUT2D eigenvalue weighted by Gasteiger charge is 2.41. The lowest BCUT2D eigenvalue weighted by atomic mass is 9.98. The standard InChI is InChI=1S/C26H41N5O3/c1-18(2)28(4)16-25-27-31(26(33)29(25)5)15-23(32)14-30-21-10-11-22(30)13-24(12-21)34-17-20-9-7-6-8-19(20)3/h7,9,21-24,32H,1,6,8,10-17H2,2-5H3.